The minimum absolute atomic E-state index is 0.132. The first-order valence-corrected chi connectivity index (χ1v) is 8.38. The van der Waals surface area contributed by atoms with Crippen LogP contribution in [0.5, 0.6) is 11.5 Å². The Balaban J connectivity index is 2.20. The molecule has 0 amide bonds. The third-order valence-electron chi connectivity index (χ3n) is 3.79. The van der Waals surface area contributed by atoms with E-state index in [1.165, 1.54) is 12.0 Å². The lowest BCUT2D eigenvalue weighted by Crippen LogP contribution is -2.21. The summed E-state index contributed by atoms with van der Waals surface area (Å²) in [5.41, 5.74) is 7.20. The maximum atomic E-state index is 6.10. The Morgan fingerprint density at radius 3 is 2.86 bits per heavy atom. The number of nitrogens with two attached hydrogens (primary N) is 1. The molecule has 1 aliphatic rings. The molecule has 0 aromatic heterocycles. The van der Waals surface area contributed by atoms with Crippen molar-refractivity contribution in [3.8, 4) is 11.5 Å². The molecule has 4 heteroatoms. The monoisotopic (exact) mass is 353 g/mol. The van der Waals surface area contributed by atoms with Gasteiger partial charge in [0.15, 0.2) is 11.5 Å². The lowest BCUT2D eigenvalue weighted by molar-refractivity contribution is 0.218. The molecule has 21 heavy (non-hydrogen) atoms. The Hall–Kier alpha value is -1.00. The maximum Gasteiger partial charge on any atom is 0.176 e. The minimum atomic E-state index is 0.132. The van der Waals surface area contributed by atoms with E-state index < -0.39 is 0 Å². The molecule has 1 aromatic carbocycles. The zero-order valence-corrected chi connectivity index (χ0v) is 14.4. The van der Waals surface area contributed by atoms with Gasteiger partial charge in [0.25, 0.3) is 0 Å². The molecule has 116 valence electrons. The lowest BCUT2D eigenvalue weighted by Gasteiger charge is -2.22. The van der Waals surface area contributed by atoms with Crippen LogP contribution >= 0.6 is 15.9 Å². The van der Waals surface area contributed by atoms with Crippen LogP contribution in [0.3, 0.4) is 0 Å². The van der Waals surface area contributed by atoms with Crippen molar-refractivity contribution in [2.24, 2.45) is 5.73 Å². The second-order valence-corrected chi connectivity index (χ2v) is 6.35. The van der Waals surface area contributed by atoms with E-state index in [0.717, 1.165) is 41.7 Å². The molecular weight excluding hydrogens is 330 g/mol. The Kier molecular flexibility index (Phi) is 6.12. The fourth-order valence-corrected chi connectivity index (χ4v) is 3.07. The number of ether oxygens (including phenoxy) is 2. The van der Waals surface area contributed by atoms with E-state index in [1.54, 1.807) is 7.11 Å². The highest BCUT2D eigenvalue weighted by Gasteiger charge is 2.17. The summed E-state index contributed by atoms with van der Waals surface area (Å²) in [7, 11) is 1.68. The van der Waals surface area contributed by atoms with Crippen LogP contribution in [-0.4, -0.2) is 19.3 Å². The molecule has 0 fully saturated rings. The van der Waals surface area contributed by atoms with Crippen LogP contribution in [0.1, 0.15) is 38.2 Å². The van der Waals surface area contributed by atoms with Crippen molar-refractivity contribution in [3.05, 3.63) is 34.3 Å². The van der Waals surface area contributed by atoms with Gasteiger partial charge in [-0.1, -0.05) is 13.0 Å². The number of hydrogen-bond donors (Lipinski definition) is 1. The average molecular weight is 354 g/mol. The van der Waals surface area contributed by atoms with Gasteiger partial charge in [0.05, 0.1) is 11.6 Å². The molecular formula is C17H24BrNO2. The van der Waals surface area contributed by atoms with Crippen LogP contribution in [0.4, 0.5) is 0 Å². The van der Waals surface area contributed by atoms with Crippen molar-refractivity contribution in [1.82, 2.24) is 0 Å². The number of rotatable bonds is 6. The van der Waals surface area contributed by atoms with Gasteiger partial charge in [-0.3, -0.25) is 0 Å². The van der Waals surface area contributed by atoms with E-state index in [2.05, 4.69) is 41.1 Å². The smallest absolute Gasteiger partial charge is 0.176 e. The average Bonchev–Trinajstić information content (AvgIpc) is 2.50. The minimum Gasteiger partial charge on any atom is -0.493 e. The highest BCUT2D eigenvalue weighted by atomic mass is 79.9. The molecule has 0 heterocycles. The highest BCUT2D eigenvalue weighted by Crippen LogP contribution is 2.38. The first-order chi connectivity index (χ1) is 10.1. The predicted octanol–water partition coefficient (Wildman–Crippen LogP) is 4.23. The third-order valence-corrected chi connectivity index (χ3v) is 4.38. The van der Waals surface area contributed by atoms with Crippen molar-refractivity contribution in [1.29, 1.82) is 0 Å². The van der Waals surface area contributed by atoms with Crippen LogP contribution in [0.2, 0.25) is 0 Å². The summed E-state index contributed by atoms with van der Waals surface area (Å²) < 4.78 is 12.5. The summed E-state index contributed by atoms with van der Waals surface area (Å²) in [6, 6.07) is 4.29. The molecule has 0 aliphatic heterocycles. The molecule has 0 saturated heterocycles. The SMILES string of the molecule is CCC(N)Cc1cc(Br)c(OC2C=CCCC2)c(OC)c1. The fraction of sp³-hybridized carbons (Fsp3) is 0.529. The van der Waals surface area contributed by atoms with E-state index in [0.29, 0.717) is 0 Å². The number of methoxy groups -OCH3 is 1. The molecule has 2 rings (SSSR count). The number of hydrogen-bond acceptors (Lipinski definition) is 3. The van der Waals surface area contributed by atoms with Crippen LogP contribution in [-0.2, 0) is 6.42 Å². The van der Waals surface area contributed by atoms with Gasteiger partial charge in [0.2, 0.25) is 0 Å². The lowest BCUT2D eigenvalue weighted by atomic mass is 10.0. The highest BCUT2D eigenvalue weighted by molar-refractivity contribution is 9.10. The second kappa shape index (κ2) is 7.85. The largest absolute Gasteiger partial charge is 0.493 e. The van der Waals surface area contributed by atoms with E-state index in [4.69, 9.17) is 15.2 Å². The van der Waals surface area contributed by atoms with Crippen LogP contribution in [0.15, 0.2) is 28.8 Å². The zero-order valence-electron chi connectivity index (χ0n) is 12.8. The van der Waals surface area contributed by atoms with E-state index >= 15 is 0 Å². The quantitative estimate of drug-likeness (QED) is 0.778. The Labute approximate surface area is 135 Å². The number of allylic oxidation sites excluding steroid dienone is 1. The Bertz CT molecular complexity index is 502. The van der Waals surface area contributed by atoms with Gasteiger partial charge in [-0.05, 0) is 71.8 Å². The van der Waals surface area contributed by atoms with Gasteiger partial charge in [0.1, 0.15) is 6.10 Å². The molecule has 0 spiro atoms. The van der Waals surface area contributed by atoms with Crippen molar-refractivity contribution in [2.75, 3.05) is 7.11 Å². The second-order valence-electron chi connectivity index (χ2n) is 5.50. The molecule has 2 unspecified atom stereocenters. The van der Waals surface area contributed by atoms with Crippen LogP contribution in [0, 0.1) is 0 Å². The van der Waals surface area contributed by atoms with Gasteiger partial charge in [0, 0.05) is 6.04 Å². The molecule has 2 atom stereocenters. The maximum absolute atomic E-state index is 6.10. The Morgan fingerprint density at radius 1 is 1.43 bits per heavy atom. The van der Waals surface area contributed by atoms with E-state index in [-0.39, 0.29) is 12.1 Å². The van der Waals surface area contributed by atoms with Crippen LogP contribution < -0.4 is 15.2 Å². The molecule has 1 aromatic rings. The normalized spacial score (nSPS) is 19.3. The molecule has 3 nitrogen and oxygen atoms in total. The van der Waals surface area contributed by atoms with Crippen LogP contribution in [0.25, 0.3) is 0 Å². The van der Waals surface area contributed by atoms with Gasteiger partial charge in [-0.2, -0.15) is 0 Å². The van der Waals surface area contributed by atoms with Crippen molar-refractivity contribution >= 4 is 15.9 Å². The Morgan fingerprint density at radius 2 is 2.24 bits per heavy atom. The summed E-state index contributed by atoms with van der Waals surface area (Å²) in [5.74, 6) is 1.55. The summed E-state index contributed by atoms with van der Waals surface area (Å²) in [6.07, 6.45) is 9.62. The summed E-state index contributed by atoms with van der Waals surface area (Å²) in [5, 5.41) is 0. The molecule has 0 radical (unpaired) electrons. The first kappa shape index (κ1) is 16.4. The molecule has 1 aliphatic carbocycles. The topological polar surface area (TPSA) is 44.5 Å². The first-order valence-electron chi connectivity index (χ1n) is 7.59. The van der Waals surface area contributed by atoms with Crippen molar-refractivity contribution < 1.29 is 9.47 Å². The number of benzene rings is 1. The van der Waals surface area contributed by atoms with Gasteiger partial charge < -0.3 is 15.2 Å². The molecule has 0 bridgehead atoms. The summed E-state index contributed by atoms with van der Waals surface area (Å²) >= 11 is 3.61. The fourth-order valence-electron chi connectivity index (χ4n) is 2.48. The molecule has 2 N–H and O–H groups in total. The van der Waals surface area contributed by atoms with Crippen molar-refractivity contribution in [3.63, 3.8) is 0 Å². The van der Waals surface area contributed by atoms with E-state index in [1.807, 2.05) is 6.07 Å². The summed E-state index contributed by atoms with van der Waals surface area (Å²) in [4.78, 5) is 0. The summed E-state index contributed by atoms with van der Waals surface area (Å²) in [6.45, 7) is 2.10. The third kappa shape index (κ3) is 4.48. The van der Waals surface area contributed by atoms with Gasteiger partial charge in [-0.25, -0.2) is 0 Å². The predicted molar refractivity (Wildman–Crippen MR) is 90.1 cm³/mol. The van der Waals surface area contributed by atoms with Crippen molar-refractivity contribution in [2.45, 2.75) is 51.2 Å². The van der Waals surface area contributed by atoms with Gasteiger partial charge >= 0.3 is 0 Å². The molecule has 0 saturated carbocycles. The number of halogens is 1. The van der Waals surface area contributed by atoms with Gasteiger partial charge in [-0.15, -0.1) is 0 Å². The standard InChI is InChI=1S/C17H24BrNO2/c1-3-13(19)9-12-10-15(18)17(16(11-12)20-2)21-14-7-5-4-6-8-14/h5,7,10-11,13-14H,3-4,6,8-9,19H2,1-2H3. The van der Waals surface area contributed by atoms with E-state index in [9.17, 15) is 0 Å². The zero-order chi connectivity index (χ0) is 15.2.